The fourth-order valence-electron chi connectivity index (χ4n) is 2.04. The molecule has 2 nitrogen and oxygen atoms in total. The van der Waals surface area contributed by atoms with Crippen LogP contribution in [0.25, 0.3) is 0 Å². The van der Waals surface area contributed by atoms with Gasteiger partial charge in [0.25, 0.3) is 0 Å². The molecular weight excluding hydrogens is 205 g/mol. The Morgan fingerprint density at radius 2 is 2.38 bits per heavy atom. The molecule has 1 fully saturated rings. The largest absolute Gasteiger partial charge is 0.376 e. The summed E-state index contributed by atoms with van der Waals surface area (Å²) in [4.78, 5) is 0. The van der Waals surface area contributed by atoms with Crippen LogP contribution in [0.5, 0.6) is 0 Å². The highest BCUT2D eigenvalue weighted by molar-refractivity contribution is 5.15. The van der Waals surface area contributed by atoms with Gasteiger partial charge in [0.05, 0.1) is 13.2 Å². The van der Waals surface area contributed by atoms with Crippen molar-refractivity contribution in [3.63, 3.8) is 0 Å². The Balaban J connectivity index is 1.71. The molecule has 1 saturated heterocycles. The Morgan fingerprint density at radius 3 is 3.12 bits per heavy atom. The van der Waals surface area contributed by atoms with Crippen molar-refractivity contribution < 1.29 is 9.13 Å². The van der Waals surface area contributed by atoms with E-state index >= 15 is 0 Å². The Kier molecular flexibility index (Phi) is 4.31. The maximum absolute atomic E-state index is 12.9. The number of benzene rings is 1. The Hall–Kier alpha value is -0.930. The second kappa shape index (κ2) is 5.97. The highest BCUT2D eigenvalue weighted by Gasteiger charge is 2.12. The van der Waals surface area contributed by atoms with Crippen molar-refractivity contribution in [2.24, 2.45) is 5.92 Å². The normalized spacial score (nSPS) is 20.9. The number of piperidine rings is 1. The summed E-state index contributed by atoms with van der Waals surface area (Å²) in [6.07, 6.45) is 2.46. The predicted octanol–water partition coefficient (Wildman–Crippen LogP) is 2.34. The highest BCUT2D eigenvalue weighted by Crippen LogP contribution is 2.11. The summed E-state index contributed by atoms with van der Waals surface area (Å²) in [5, 5.41) is 3.35. The highest BCUT2D eigenvalue weighted by atomic mass is 19.1. The van der Waals surface area contributed by atoms with E-state index in [9.17, 15) is 4.39 Å². The van der Waals surface area contributed by atoms with E-state index in [1.165, 1.54) is 25.0 Å². The van der Waals surface area contributed by atoms with Gasteiger partial charge in [-0.15, -0.1) is 0 Å². The van der Waals surface area contributed by atoms with Crippen molar-refractivity contribution >= 4 is 0 Å². The van der Waals surface area contributed by atoms with Gasteiger partial charge >= 0.3 is 0 Å². The first-order chi connectivity index (χ1) is 7.84. The zero-order valence-corrected chi connectivity index (χ0v) is 9.42. The van der Waals surface area contributed by atoms with E-state index in [1.54, 1.807) is 6.07 Å². The van der Waals surface area contributed by atoms with Crippen LogP contribution in [0.1, 0.15) is 18.4 Å². The summed E-state index contributed by atoms with van der Waals surface area (Å²) in [5.74, 6) is 0.419. The van der Waals surface area contributed by atoms with Gasteiger partial charge in [0.15, 0.2) is 0 Å². The number of nitrogens with one attached hydrogen (secondary N) is 1. The maximum Gasteiger partial charge on any atom is 0.123 e. The van der Waals surface area contributed by atoms with Crippen molar-refractivity contribution in [3.05, 3.63) is 35.6 Å². The molecule has 1 aliphatic rings. The van der Waals surface area contributed by atoms with Gasteiger partial charge in [-0.25, -0.2) is 4.39 Å². The number of halogens is 1. The molecule has 88 valence electrons. The molecule has 1 atom stereocenters. The van der Waals surface area contributed by atoms with Crippen LogP contribution in [0.15, 0.2) is 24.3 Å². The molecule has 0 spiro atoms. The molecule has 3 heteroatoms. The SMILES string of the molecule is Fc1cccc(COC[C@H]2CCCNC2)c1. The third-order valence-electron chi connectivity index (χ3n) is 2.91. The van der Waals surface area contributed by atoms with E-state index in [0.29, 0.717) is 12.5 Å². The van der Waals surface area contributed by atoms with Gasteiger partial charge in [0.2, 0.25) is 0 Å². The van der Waals surface area contributed by atoms with Crippen LogP contribution >= 0.6 is 0 Å². The van der Waals surface area contributed by atoms with E-state index in [4.69, 9.17) is 4.74 Å². The molecule has 1 aliphatic heterocycles. The van der Waals surface area contributed by atoms with E-state index in [2.05, 4.69) is 5.32 Å². The summed E-state index contributed by atoms with van der Waals surface area (Å²) in [5.41, 5.74) is 0.906. The Bertz CT molecular complexity index is 323. The van der Waals surface area contributed by atoms with Crippen molar-refractivity contribution in [2.75, 3.05) is 19.7 Å². The van der Waals surface area contributed by atoms with E-state index in [1.807, 2.05) is 6.07 Å². The van der Waals surface area contributed by atoms with Crippen LogP contribution in [0, 0.1) is 11.7 Å². The lowest BCUT2D eigenvalue weighted by atomic mass is 10.0. The van der Waals surface area contributed by atoms with Crippen molar-refractivity contribution in [3.8, 4) is 0 Å². The number of ether oxygens (including phenoxy) is 1. The monoisotopic (exact) mass is 223 g/mol. The first kappa shape index (κ1) is 11.6. The fraction of sp³-hybridized carbons (Fsp3) is 0.538. The van der Waals surface area contributed by atoms with Gasteiger partial charge in [0, 0.05) is 6.54 Å². The first-order valence-corrected chi connectivity index (χ1v) is 5.87. The third kappa shape index (κ3) is 3.58. The summed E-state index contributed by atoms with van der Waals surface area (Å²) in [7, 11) is 0. The topological polar surface area (TPSA) is 21.3 Å². The predicted molar refractivity (Wildman–Crippen MR) is 61.6 cm³/mol. The smallest absolute Gasteiger partial charge is 0.123 e. The molecular formula is C13H18FNO. The zero-order chi connectivity index (χ0) is 11.2. The van der Waals surface area contributed by atoms with Crippen LogP contribution in [0.3, 0.4) is 0 Å². The number of hydrogen-bond donors (Lipinski definition) is 1. The molecule has 0 radical (unpaired) electrons. The van der Waals surface area contributed by atoms with Crippen LogP contribution in [0.2, 0.25) is 0 Å². The second-order valence-electron chi connectivity index (χ2n) is 4.36. The van der Waals surface area contributed by atoms with Gasteiger partial charge in [-0.05, 0) is 43.0 Å². The number of rotatable bonds is 4. The van der Waals surface area contributed by atoms with E-state index in [0.717, 1.165) is 25.3 Å². The molecule has 0 saturated carbocycles. The Morgan fingerprint density at radius 1 is 1.44 bits per heavy atom. The van der Waals surface area contributed by atoms with Crippen molar-refractivity contribution in [1.29, 1.82) is 0 Å². The summed E-state index contributed by atoms with van der Waals surface area (Å²) < 4.78 is 18.5. The van der Waals surface area contributed by atoms with Gasteiger partial charge in [-0.2, -0.15) is 0 Å². The molecule has 0 amide bonds. The van der Waals surface area contributed by atoms with Crippen molar-refractivity contribution in [1.82, 2.24) is 5.32 Å². The number of hydrogen-bond acceptors (Lipinski definition) is 2. The van der Waals surface area contributed by atoms with Crippen LogP contribution in [0.4, 0.5) is 4.39 Å². The third-order valence-corrected chi connectivity index (χ3v) is 2.91. The fourth-order valence-corrected chi connectivity index (χ4v) is 2.04. The standard InChI is InChI=1S/C13H18FNO/c14-13-5-1-3-11(7-13)9-16-10-12-4-2-6-15-8-12/h1,3,5,7,12,15H,2,4,6,8-10H2/t12-/m0/s1. The molecule has 0 bridgehead atoms. The summed E-state index contributed by atoms with van der Waals surface area (Å²) in [6, 6.07) is 6.59. The molecule has 1 heterocycles. The molecule has 0 aromatic heterocycles. The van der Waals surface area contributed by atoms with Gasteiger partial charge in [0.1, 0.15) is 5.82 Å². The van der Waals surface area contributed by atoms with Gasteiger partial charge < -0.3 is 10.1 Å². The van der Waals surface area contributed by atoms with Gasteiger partial charge in [-0.1, -0.05) is 12.1 Å². The molecule has 16 heavy (non-hydrogen) atoms. The lowest BCUT2D eigenvalue weighted by molar-refractivity contribution is 0.0781. The van der Waals surface area contributed by atoms with E-state index < -0.39 is 0 Å². The molecule has 1 aromatic carbocycles. The molecule has 2 rings (SSSR count). The lowest BCUT2D eigenvalue weighted by Gasteiger charge is -2.22. The first-order valence-electron chi connectivity index (χ1n) is 5.87. The molecule has 0 aliphatic carbocycles. The molecule has 0 unspecified atom stereocenters. The maximum atomic E-state index is 12.9. The van der Waals surface area contributed by atoms with Crippen molar-refractivity contribution in [2.45, 2.75) is 19.4 Å². The lowest BCUT2D eigenvalue weighted by Crippen LogP contribution is -2.32. The molecule has 1 N–H and O–H groups in total. The zero-order valence-electron chi connectivity index (χ0n) is 9.42. The van der Waals surface area contributed by atoms with Crippen LogP contribution in [-0.2, 0) is 11.3 Å². The minimum Gasteiger partial charge on any atom is -0.376 e. The summed E-state index contributed by atoms with van der Waals surface area (Å²) in [6.45, 7) is 3.45. The van der Waals surface area contributed by atoms with E-state index in [-0.39, 0.29) is 5.82 Å². The summed E-state index contributed by atoms with van der Waals surface area (Å²) >= 11 is 0. The minimum absolute atomic E-state index is 0.194. The average Bonchev–Trinajstić information content (AvgIpc) is 2.30. The molecule has 1 aromatic rings. The van der Waals surface area contributed by atoms with Crippen LogP contribution in [-0.4, -0.2) is 19.7 Å². The quantitative estimate of drug-likeness (QED) is 0.846. The minimum atomic E-state index is -0.194. The second-order valence-corrected chi connectivity index (χ2v) is 4.36. The average molecular weight is 223 g/mol. The van der Waals surface area contributed by atoms with Gasteiger partial charge in [-0.3, -0.25) is 0 Å². The van der Waals surface area contributed by atoms with Crippen LogP contribution < -0.4 is 5.32 Å². The Labute approximate surface area is 95.8 Å².